The van der Waals surface area contributed by atoms with E-state index < -0.39 is 0 Å². The second-order valence-corrected chi connectivity index (χ2v) is 5.54. The number of hydrogen-bond acceptors (Lipinski definition) is 3. The van der Waals surface area contributed by atoms with E-state index in [0.717, 1.165) is 65.2 Å². The zero-order chi connectivity index (χ0) is 16.3. The molecule has 0 fully saturated rings. The molecule has 0 atom stereocenters. The molecule has 5 nitrogen and oxygen atoms in total. The smallest absolute Gasteiger partial charge is 0.188 e. The summed E-state index contributed by atoms with van der Waals surface area (Å²) in [6.45, 7) is 9.23. The van der Waals surface area contributed by atoms with Crippen LogP contribution in [-0.4, -0.2) is 45.5 Å². The van der Waals surface area contributed by atoms with Crippen molar-refractivity contribution >= 4 is 5.96 Å². The molecule has 132 valence electrons. The van der Waals surface area contributed by atoms with Crippen LogP contribution in [0, 0.1) is 0 Å². The lowest BCUT2D eigenvalue weighted by Gasteiger charge is -2.07. The maximum Gasteiger partial charge on any atom is 0.188 e. The lowest BCUT2D eigenvalue weighted by Crippen LogP contribution is -2.33. The molecule has 0 spiro atoms. The zero-order valence-electron chi connectivity index (χ0n) is 14.7. The molecule has 0 aromatic rings. The summed E-state index contributed by atoms with van der Waals surface area (Å²) in [5.41, 5.74) is 5.79. The fraction of sp³-hybridized carbons (Fsp3) is 0.941. The summed E-state index contributed by atoms with van der Waals surface area (Å²) in [5.74, 6) is 0.525. The van der Waals surface area contributed by atoms with Gasteiger partial charge in [0.05, 0.1) is 0 Å². The Morgan fingerprint density at radius 3 is 1.95 bits per heavy atom. The van der Waals surface area contributed by atoms with Crippen LogP contribution in [-0.2, 0) is 9.47 Å². The minimum absolute atomic E-state index is 0.525. The van der Waals surface area contributed by atoms with E-state index in [-0.39, 0.29) is 0 Å². The number of nitrogens with zero attached hydrogens (tertiary/aromatic N) is 1. The van der Waals surface area contributed by atoms with Crippen molar-refractivity contribution in [1.29, 1.82) is 0 Å². The molecule has 0 saturated heterocycles. The van der Waals surface area contributed by atoms with Crippen LogP contribution in [0.4, 0.5) is 0 Å². The van der Waals surface area contributed by atoms with Crippen molar-refractivity contribution in [2.24, 2.45) is 10.7 Å². The average Bonchev–Trinajstić information content (AvgIpc) is 2.52. The van der Waals surface area contributed by atoms with Gasteiger partial charge in [0, 0.05) is 39.5 Å². The number of nitrogens with one attached hydrogen (secondary N) is 1. The molecule has 0 aromatic heterocycles. The quantitative estimate of drug-likeness (QED) is 0.261. The Labute approximate surface area is 137 Å². The first kappa shape index (κ1) is 21.2. The SMILES string of the molecule is CCCCCOCCCN=C(N)NCCCOCCCCC. The van der Waals surface area contributed by atoms with E-state index in [2.05, 4.69) is 24.2 Å². The molecule has 0 amide bonds. The van der Waals surface area contributed by atoms with Gasteiger partial charge in [-0.05, 0) is 25.7 Å². The number of aliphatic imine (C=N–C) groups is 1. The highest BCUT2D eigenvalue weighted by Gasteiger charge is 1.94. The van der Waals surface area contributed by atoms with E-state index in [4.69, 9.17) is 15.2 Å². The molecular weight excluding hydrogens is 278 g/mol. The number of nitrogens with two attached hydrogens (primary N) is 1. The summed E-state index contributed by atoms with van der Waals surface area (Å²) >= 11 is 0. The molecular formula is C17H37N3O2. The number of guanidine groups is 1. The first-order valence-corrected chi connectivity index (χ1v) is 9.00. The lowest BCUT2D eigenvalue weighted by atomic mass is 10.3. The summed E-state index contributed by atoms with van der Waals surface area (Å²) in [6.07, 6.45) is 9.18. The van der Waals surface area contributed by atoms with Crippen molar-refractivity contribution in [1.82, 2.24) is 5.32 Å². The van der Waals surface area contributed by atoms with Crippen molar-refractivity contribution in [3.8, 4) is 0 Å². The Morgan fingerprint density at radius 1 is 0.818 bits per heavy atom. The average molecular weight is 316 g/mol. The molecule has 0 unspecified atom stereocenters. The molecule has 0 saturated carbocycles. The van der Waals surface area contributed by atoms with Crippen LogP contribution in [0.2, 0.25) is 0 Å². The van der Waals surface area contributed by atoms with Gasteiger partial charge in [0.25, 0.3) is 0 Å². The van der Waals surface area contributed by atoms with Gasteiger partial charge in [-0.1, -0.05) is 39.5 Å². The van der Waals surface area contributed by atoms with Crippen LogP contribution in [0.5, 0.6) is 0 Å². The molecule has 0 aliphatic heterocycles. The molecule has 0 aromatic carbocycles. The second-order valence-electron chi connectivity index (χ2n) is 5.54. The minimum Gasteiger partial charge on any atom is -0.381 e. The Morgan fingerprint density at radius 2 is 1.36 bits per heavy atom. The molecule has 3 N–H and O–H groups in total. The number of rotatable bonds is 16. The number of ether oxygens (including phenoxy) is 2. The van der Waals surface area contributed by atoms with E-state index >= 15 is 0 Å². The number of hydrogen-bond donors (Lipinski definition) is 2. The first-order valence-electron chi connectivity index (χ1n) is 9.00. The van der Waals surface area contributed by atoms with Crippen molar-refractivity contribution in [2.75, 3.05) is 39.5 Å². The van der Waals surface area contributed by atoms with Crippen molar-refractivity contribution < 1.29 is 9.47 Å². The fourth-order valence-corrected chi connectivity index (χ4v) is 1.93. The van der Waals surface area contributed by atoms with Crippen LogP contribution >= 0.6 is 0 Å². The maximum absolute atomic E-state index is 5.79. The van der Waals surface area contributed by atoms with Gasteiger partial charge in [-0.25, -0.2) is 0 Å². The number of unbranched alkanes of at least 4 members (excludes halogenated alkanes) is 4. The molecule has 0 aliphatic carbocycles. The van der Waals surface area contributed by atoms with Gasteiger partial charge in [-0.3, -0.25) is 4.99 Å². The third-order valence-electron chi connectivity index (χ3n) is 3.28. The van der Waals surface area contributed by atoms with Crippen molar-refractivity contribution in [2.45, 2.75) is 65.2 Å². The predicted octanol–water partition coefficient (Wildman–Crippen LogP) is 3.08. The van der Waals surface area contributed by atoms with Gasteiger partial charge in [0.15, 0.2) is 5.96 Å². The van der Waals surface area contributed by atoms with E-state index in [1.54, 1.807) is 0 Å². The molecule has 22 heavy (non-hydrogen) atoms. The van der Waals surface area contributed by atoms with Crippen molar-refractivity contribution in [3.05, 3.63) is 0 Å². The van der Waals surface area contributed by atoms with Gasteiger partial charge < -0.3 is 20.5 Å². The maximum atomic E-state index is 5.79. The van der Waals surface area contributed by atoms with E-state index in [1.165, 1.54) is 25.7 Å². The third-order valence-corrected chi connectivity index (χ3v) is 3.28. The van der Waals surface area contributed by atoms with E-state index in [0.29, 0.717) is 5.96 Å². The summed E-state index contributed by atoms with van der Waals surface area (Å²) in [6, 6.07) is 0. The van der Waals surface area contributed by atoms with Gasteiger partial charge in [-0.2, -0.15) is 0 Å². The van der Waals surface area contributed by atoms with Gasteiger partial charge in [0.1, 0.15) is 0 Å². The molecule has 0 bridgehead atoms. The summed E-state index contributed by atoms with van der Waals surface area (Å²) in [4.78, 5) is 4.28. The van der Waals surface area contributed by atoms with Crippen LogP contribution in [0.15, 0.2) is 4.99 Å². The molecule has 0 radical (unpaired) electrons. The standard InChI is InChI=1S/C17H37N3O2/c1-3-5-7-13-21-15-9-11-19-17(18)20-12-10-16-22-14-8-6-4-2/h3-16H2,1-2H3,(H3,18,19,20). The Bertz CT molecular complexity index is 248. The van der Waals surface area contributed by atoms with E-state index in [1.807, 2.05) is 0 Å². The van der Waals surface area contributed by atoms with Gasteiger partial charge in [0.2, 0.25) is 0 Å². The van der Waals surface area contributed by atoms with Crippen LogP contribution < -0.4 is 11.1 Å². The highest BCUT2D eigenvalue weighted by Crippen LogP contribution is 1.95. The van der Waals surface area contributed by atoms with Gasteiger partial charge in [-0.15, -0.1) is 0 Å². The minimum atomic E-state index is 0.525. The normalized spacial score (nSPS) is 11.8. The molecule has 0 rings (SSSR count). The summed E-state index contributed by atoms with van der Waals surface area (Å²) in [5, 5.41) is 3.11. The predicted molar refractivity (Wildman–Crippen MR) is 94.4 cm³/mol. The highest BCUT2D eigenvalue weighted by atomic mass is 16.5. The second kappa shape index (κ2) is 18.2. The Hall–Kier alpha value is -0.810. The highest BCUT2D eigenvalue weighted by molar-refractivity contribution is 5.77. The fourth-order valence-electron chi connectivity index (χ4n) is 1.93. The van der Waals surface area contributed by atoms with Crippen molar-refractivity contribution in [3.63, 3.8) is 0 Å². The molecule has 5 heteroatoms. The molecule has 0 heterocycles. The Kier molecular flexibility index (Phi) is 17.6. The largest absolute Gasteiger partial charge is 0.381 e. The zero-order valence-corrected chi connectivity index (χ0v) is 14.7. The van der Waals surface area contributed by atoms with Gasteiger partial charge >= 0.3 is 0 Å². The molecule has 0 aliphatic rings. The first-order chi connectivity index (χ1) is 10.8. The van der Waals surface area contributed by atoms with E-state index in [9.17, 15) is 0 Å². The lowest BCUT2D eigenvalue weighted by molar-refractivity contribution is 0.128. The van der Waals surface area contributed by atoms with Crippen LogP contribution in [0.3, 0.4) is 0 Å². The topological polar surface area (TPSA) is 68.9 Å². The Balaban J connectivity index is 3.24. The third kappa shape index (κ3) is 17.2. The van der Waals surface area contributed by atoms with Crippen LogP contribution in [0.25, 0.3) is 0 Å². The summed E-state index contributed by atoms with van der Waals surface area (Å²) in [7, 11) is 0. The summed E-state index contributed by atoms with van der Waals surface area (Å²) < 4.78 is 11.1. The van der Waals surface area contributed by atoms with Crippen LogP contribution in [0.1, 0.15) is 65.2 Å². The monoisotopic (exact) mass is 315 g/mol.